The van der Waals surface area contributed by atoms with Crippen LogP contribution in [0.4, 0.5) is 0 Å². The molecular weight excluding hydrogens is 729 g/mol. The van der Waals surface area contributed by atoms with Gasteiger partial charge in [-0.05, 0) is 78.7 Å². The number of nitrogens with one attached hydrogen (secondary N) is 2. The average Bonchev–Trinajstić information content (AvgIpc) is 3.68. The van der Waals surface area contributed by atoms with Crippen LogP contribution in [0.25, 0.3) is 23.1 Å². The molecule has 9 nitrogen and oxygen atoms in total. The molecule has 286 valence electrons. The number of ether oxygens (including phenoxy) is 5. The molecule has 5 aromatic carbocycles. The lowest BCUT2D eigenvalue weighted by Crippen LogP contribution is -2.40. The molecule has 2 N–H and O–H groups in total. The van der Waals surface area contributed by atoms with Crippen LogP contribution in [-0.4, -0.2) is 56.9 Å². The fraction of sp³-hybridized carbons (Fsp3) is 0.143. The number of rotatable bonds is 9. The molecule has 9 heteroatoms. The van der Waals surface area contributed by atoms with Gasteiger partial charge in [0.1, 0.15) is 48.4 Å². The summed E-state index contributed by atoms with van der Waals surface area (Å²) in [5.74, 6) is 13.9. The van der Waals surface area contributed by atoms with Crippen molar-refractivity contribution in [3.8, 4) is 46.7 Å². The first-order valence-electron chi connectivity index (χ1n) is 18.7. The van der Waals surface area contributed by atoms with Gasteiger partial charge in [-0.1, -0.05) is 78.3 Å². The Morgan fingerprint density at radius 2 is 1.29 bits per heavy atom. The van der Waals surface area contributed by atoms with Gasteiger partial charge in [0, 0.05) is 39.4 Å². The van der Waals surface area contributed by atoms with E-state index >= 15 is 0 Å². The SMILES string of the molecule is COc1ccccc1C#Cc1cc2c(c(C(=O)N[C@@H](COC(=O)c3cc(C#Cc4ccccc4OC)cc4c3OCC=C4)Cc3c[nH]c4ccccc34)c1)OCC=C2. The normalized spacial score (nSPS) is 12.6. The molecule has 0 radical (unpaired) electrons. The molecule has 8 rings (SSSR count). The van der Waals surface area contributed by atoms with Crippen LogP contribution in [0.1, 0.15) is 59.7 Å². The standard InChI is InChI=1S/C49H38N2O7/c1-54-44-17-7-3-11-34(44)21-19-32-25-36-13-9-23-56-46(36)41(27-32)48(52)51-39(29-38-30-50-43-16-6-5-15-40(38)43)31-58-49(53)42-28-33(26-37-14-10-24-57-47(37)42)20-22-35-12-4-8-18-45(35)55-2/h3-18,25-28,30,39,50H,23-24,29,31H2,1-2H3,(H,51,52)/t39-/m1/s1. The Morgan fingerprint density at radius 1 is 0.724 bits per heavy atom. The van der Waals surface area contributed by atoms with E-state index in [0.29, 0.717) is 70.4 Å². The summed E-state index contributed by atoms with van der Waals surface area (Å²) in [6.07, 6.45) is 9.85. The summed E-state index contributed by atoms with van der Waals surface area (Å²) in [5.41, 5.74) is 6.56. The average molecular weight is 767 g/mol. The molecule has 1 aromatic heterocycles. The number of hydrogen-bond acceptors (Lipinski definition) is 7. The van der Waals surface area contributed by atoms with Crippen LogP contribution in [0.5, 0.6) is 23.0 Å². The highest BCUT2D eigenvalue weighted by Gasteiger charge is 2.26. The molecule has 0 saturated carbocycles. The van der Waals surface area contributed by atoms with Crippen molar-refractivity contribution in [1.82, 2.24) is 10.3 Å². The maximum absolute atomic E-state index is 14.3. The highest BCUT2D eigenvalue weighted by atomic mass is 16.5. The Morgan fingerprint density at radius 3 is 1.93 bits per heavy atom. The number of carbonyl (C=O) groups is 2. The van der Waals surface area contributed by atoms with Gasteiger partial charge in [0.15, 0.2) is 0 Å². The van der Waals surface area contributed by atoms with E-state index < -0.39 is 17.9 Å². The molecule has 2 aliphatic heterocycles. The second-order valence-corrected chi connectivity index (χ2v) is 13.5. The Kier molecular flexibility index (Phi) is 11.0. The summed E-state index contributed by atoms with van der Waals surface area (Å²) in [7, 11) is 3.20. The van der Waals surface area contributed by atoms with Crippen LogP contribution >= 0.6 is 0 Å². The molecule has 0 unspecified atom stereocenters. The maximum Gasteiger partial charge on any atom is 0.342 e. The number of para-hydroxylation sites is 3. The number of methoxy groups -OCH3 is 2. The third-order valence-electron chi connectivity index (χ3n) is 9.73. The number of esters is 1. The van der Waals surface area contributed by atoms with Crippen molar-refractivity contribution in [1.29, 1.82) is 0 Å². The van der Waals surface area contributed by atoms with E-state index in [1.54, 1.807) is 26.4 Å². The van der Waals surface area contributed by atoms with Gasteiger partial charge in [0.2, 0.25) is 0 Å². The lowest BCUT2D eigenvalue weighted by atomic mass is 10.00. The number of amides is 1. The van der Waals surface area contributed by atoms with Crippen LogP contribution in [-0.2, 0) is 11.2 Å². The van der Waals surface area contributed by atoms with E-state index in [-0.39, 0.29) is 12.2 Å². The fourth-order valence-electron chi connectivity index (χ4n) is 6.96. The van der Waals surface area contributed by atoms with Gasteiger partial charge >= 0.3 is 5.97 Å². The van der Waals surface area contributed by atoms with E-state index in [4.69, 9.17) is 23.7 Å². The van der Waals surface area contributed by atoms with Crippen molar-refractivity contribution in [3.05, 3.63) is 165 Å². The molecule has 0 saturated heterocycles. The Bertz CT molecular complexity index is 2740. The zero-order chi connectivity index (χ0) is 39.8. The third kappa shape index (κ3) is 8.16. The van der Waals surface area contributed by atoms with Crippen molar-refractivity contribution in [3.63, 3.8) is 0 Å². The second-order valence-electron chi connectivity index (χ2n) is 13.5. The van der Waals surface area contributed by atoms with Crippen LogP contribution in [0, 0.1) is 23.7 Å². The van der Waals surface area contributed by atoms with Crippen LogP contribution < -0.4 is 24.3 Å². The number of hydrogen-bond donors (Lipinski definition) is 2. The van der Waals surface area contributed by atoms with Crippen molar-refractivity contribution in [2.45, 2.75) is 12.5 Å². The summed E-state index contributed by atoms with van der Waals surface area (Å²) in [5, 5.41) is 4.16. The molecule has 58 heavy (non-hydrogen) atoms. The van der Waals surface area contributed by atoms with Gasteiger partial charge in [0.25, 0.3) is 5.91 Å². The first kappa shape index (κ1) is 37.3. The van der Waals surface area contributed by atoms with Gasteiger partial charge < -0.3 is 34.0 Å². The zero-order valence-electron chi connectivity index (χ0n) is 31.9. The van der Waals surface area contributed by atoms with Crippen molar-refractivity contribution >= 4 is 34.9 Å². The first-order chi connectivity index (χ1) is 28.5. The van der Waals surface area contributed by atoms with Crippen LogP contribution in [0.15, 0.2) is 115 Å². The van der Waals surface area contributed by atoms with E-state index in [1.165, 1.54) is 0 Å². The largest absolute Gasteiger partial charge is 0.495 e. The topological polar surface area (TPSA) is 108 Å². The Balaban J connectivity index is 1.09. The lowest BCUT2D eigenvalue weighted by molar-refractivity contribution is 0.0452. The number of H-pyrrole nitrogens is 1. The minimum absolute atomic E-state index is 0.137. The first-order valence-corrected chi connectivity index (χ1v) is 18.7. The maximum atomic E-state index is 14.3. The molecule has 0 aliphatic carbocycles. The highest BCUT2D eigenvalue weighted by molar-refractivity contribution is 5.99. The van der Waals surface area contributed by atoms with Crippen molar-refractivity contribution in [2.24, 2.45) is 0 Å². The quantitative estimate of drug-likeness (QED) is 0.114. The summed E-state index contributed by atoms with van der Waals surface area (Å²) in [6.45, 7) is 0.491. The number of fused-ring (bicyclic) bond motifs is 3. The molecule has 1 atom stereocenters. The number of carbonyl (C=O) groups excluding carboxylic acids is 2. The molecule has 0 bridgehead atoms. The minimum Gasteiger partial charge on any atom is -0.495 e. The van der Waals surface area contributed by atoms with Gasteiger partial charge in [0.05, 0.1) is 37.0 Å². The van der Waals surface area contributed by atoms with Gasteiger partial charge in [-0.2, -0.15) is 0 Å². The second kappa shape index (κ2) is 17.0. The summed E-state index contributed by atoms with van der Waals surface area (Å²) in [4.78, 5) is 31.7. The number of aromatic amines is 1. The predicted octanol–water partition coefficient (Wildman–Crippen LogP) is 7.99. The smallest absolute Gasteiger partial charge is 0.342 e. The number of benzene rings is 5. The summed E-state index contributed by atoms with van der Waals surface area (Å²) in [6, 6.07) is 29.4. The molecule has 0 spiro atoms. The van der Waals surface area contributed by atoms with Crippen LogP contribution in [0.3, 0.4) is 0 Å². The summed E-state index contributed by atoms with van der Waals surface area (Å²) < 4.78 is 29.0. The fourth-order valence-corrected chi connectivity index (χ4v) is 6.96. The Labute approximate surface area is 336 Å². The summed E-state index contributed by atoms with van der Waals surface area (Å²) >= 11 is 0. The Hall–Kier alpha value is -7.62. The van der Waals surface area contributed by atoms with E-state index in [0.717, 1.165) is 27.6 Å². The molecular formula is C49H38N2O7. The van der Waals surface area contributed by atoms with Gasteiger partial charge in [-0.25, -0.2) is 4.79 Å². The lowest BCUT2D eigenvalue weighted by Gasteiger charge is -2.22. The van der Waals surface area contributed by atoms with E-state index in [1.807, 2.05) is 115 Å². The predicted molar refractivity (Wildman–Crippen MR) is 223 cm³/mol. The zero-order valence-corrected chi connectivity index (χ0v) is 31.9. The number of aromatic nitrogens is 1. The molecule has 2 aliphatic rings. The molecule has 3 heterocycles. The van der Waals surface area contributed by atoms with Crippen molar-refractivity contribution < 1.29 is 33.3 Å². The highest BCUT2D eigenvalue weighted by Crippen LogP contribution is 2.32. The minimum atomic E-state index is -0.640. The monoisotopic (exact) mass is 766 g/mol. The third-order valence-corrected chi connectivity index (χ3v) is 9.73. The van der Waals surface area contributed by atoms with E-state index in [2.05, 4.69) is 34.0 Å². The van der Waals surface area contributed by atoms with Crippen LogP contribution in [0.2, 0.25) is 0 Å². The van der Waals surface area contributed by atoms with E-state index in [9.17, 15) is 9.59 Å². The van der Waals surface area contributed by atoms with Crippen molar-refractivity contribution in [2.75, 3.05) is 34.0 Å². The molecule has 1 amide bonds. The van der Waals surface area contributed by atoms with Gasteiger partial charge in [-0.3, -0.25) is 4.79 Å². The molecule has 6 aromatic rings. The molecule has 0 fully saturated rings. The van der Waals surface area contributed by atoms with Gasteiger partial charge in [-0.15, -0.1) is 0 Å².